The summed E-state index contributed by atoms with van der Waals surface area (Å²) in [4.78, 5) is 34.1. The van der Waals surface area contributed by atoms with Crippen LogP contribution in [0.15, 0.2) is 48.8 Å². The van der Waals surface area contributed by atoms with Crippen molar-refractivity contribution in [2.75, 3.05) is 50.8 Å². The molecule has 1 aliphatic rings. The fraction of sp³-hybridized carbons (Fsp3) is 0.788. The van der Waals surface area contributed by atoms with E-state index in [-0.39, 0.29) is 24.3 Å². The van der Waals surface area contributed by atoms with E-state index < -0.39 is 0 Å². The van der Waals surface area contributed by atoms with E-state index in [0.29, 0.717) is 45.1 Å². The molecule has 0 aliphatic carbocycles. The van der Waals surface area contributed by atoms with Crippen LogP contribution in [-0.2, 0) is 19.1 Å². The zero-order valence-corrected chi connectivity index (χ0v) is 39.8. The van der Waals surface area contributed by atoms with E-state index in [4.69, 9.17) is 9.47 Å². The van der Waals surface area contributed by atoms with Crippen LogP contribution >= 0.6 is 12.4 Å². The van der Waals surface area contributed by atoms with Crippen molar-refractivity contribution >= 4 is 30.0 Å². The third kappa shape index (κ3) is 33.3. The molecule has 1 fully saturated rings. The maximum atomic E-state index is 12.6. The van der Waals surface area contributed by atoms with Gasteiger partial charge in [0.1, 0.15) is 13.2 Å². The van der Waals surface area contributed by atoms with E-state index in [9.17, 15) is 9.59 Å². The summed E-state index contributed by atoms with van der Waals surface area (Å²) in [6.07, 6.45) is 50.1. The number of allylic oxidation sites excluding steroid dienone is 4. The minimum atomic E-state index is -0.0857. The number of carbonyl (C=O) groups is 2. The van der Waals surface area contributed by atoms with Crippen LogP contribution in [-0.4, -0.2) is 67.8 Å². The predicted octanol–water partition coefficient (Wildman–Crippen LogP) is 14.6. The number of piperidine rings is 1. The largest absolute Gasteiger partial charge is 0.464 e. The van der Waals surface area contributed by atoms with Crippen molar-refractivity contribution in [1.29, 1.82) is 0 Å². The molecule has 346 valence electrons. The zero-order valence-electron chi connectivity index (χ0n) is 38.9. The number of ether oxygens (including phenoxy) is 2. The van der Waals surface area contributed by atoms with Gasteiger partial charge in [-0.3, -0.25) is 19.5 Å². The molecule has 0 N–H and O–H groups in total. The monoisotopic (exact) mass is 858 g/mol. The van der Waals surface area contributed by atoms with Crippen LogP contribution < -0.4 is 4.90 Å². The van der Waals surface area contributed by atoms with Gasteiger partial charge in [-0.25, -0.2) is 0 Å². The second-order valence-electron chi connectivity index (χ2n) is 17.4. The van der Waals surface area contributed by atoms with Gasteiger partial charge in [0.05, 0.1) is 0 Å². The van der Waals surface area contributed by atoms with Crippen LogP contribution in [0, 0.1) is 5.92 Å². The Morgan fingerprint density at radius 3 is 1.38 bits per heavy atom. The van der Waals surface area contributed by atoms with Crippen molar-refractivity contribution in [2.24, 2.45) is 5.92 Å². The maximum Gasteiger partial charge on any atom is 0.305 e. The molecule has 2 heterocycles. The van der Waals surface area contributed by atoms with Crippen LogP contribution in [0.25, 0.3) is 0 Å². The Labute approximate surface area is 376 Å². The third-order valence-electron chi connectivity index (χ3n) is 12.1. The van der Waals surface area contributed by atoms with Crippen molar-refractivity contribution in [3.8, 4) is 0 Å². The van der Waals surface area contributed by atoms with Gasteiger partial charge in [0, 0.05) is 57.1 Å². The van der Waals surface area contributed by atoms with Crippen molar-refractivity contribution in [3.05, 3.63) is 48.8 Å². The van der Waals surface area contributed by atoms with Crippen molar-refractivity contribution in [3.63, 3.8) is 0 Å². The number of hydrogen-bond acceptors (Lipinski definition) is 7. The Morgan fingerprint density at radius 1 is 0.583 bits per heavy atom. The van der Waals surface area contributed by atoms with Gasteiger partial charge in [-0.2, -0.15) is 0 Å². The highest BCUT2D eigenvalue weighted by Gasteiger charge is 2.20. The molecule has 0 bridgehead atoms. The Kier molecular flexibility index (Phi) is 38.9. The fourth-order valence-corrected chi connectivity index (χ4v) is 8.14. The number of anilines is 1. The van der Waals surface area contributed by atoms with Crippen molar-refractivity contribution in [1.82, 2.24) is 9.88 Å². The van der Waals surface area contributed by atoms with Crippen molar-refractivity contribution in [2.45, 2.75) is 213 Å². The summed E-state index contributed by atoms with van der Waals surface area (Å²) in [6, 6.07) is 4.19. The summed E-state index contributed by atoms with van der Waals surface area (Å²) in [5.41, 5.74) is 1.26. The Hall–Kier alpha value is -2.38. The van der Waals surface area contributed by atoms with Gasteiger partial charge < -0.3 is 14.4 Å². The van der Waals surface area contributed by atoms with Crippen LogP contribution in [0.4, 0.5) is 5.69 Å². The van der Waals surface area contributed by atoms with Gasteiger partial charge in [-0.1, -0.05) is 141 Å². The number of rotatable bonds is 40. The maximum absolute atomic E-state index is 12.6. The van der Waals surface area contributed by atoms with E-state index in [0.717, 1.165) is 51.7 Å². The summed E-state index contributed by atoms with van der Waals surface area (Å²) in [6.45, 7) is 9.76. The first-order chi connectivity index (χ1) is 29.1. The van der Waals surface area contributed by atoms with E-state index in [1.807, 2.05) is 12.4 Å². The molecule has 1 aromatic rings. The molecular formula is C52H92ClN3O4. The van der Waals surface area contributed by atoms with Crippen LogP contribution in [0.2, 0.25) is 0 Å². The number of halogens is 1. The molecule has 0 radical (unpaired) electrons. The lowest BCUT2D eigenvalue weighted by atomic mass is 9.93. The van der Waals surface area contributed by atoms with Gasteiger partial charge >= 0.3 is 11.9 Å². The standard InChI is InChI=1S/C52H91N3O4.ClH/c1-3-5-7-9-11-13-15-17-19-21-23-25-27-29-31-33-51(56)58-47-45-54(42-37-49-38-43-55(44-39-49)50-35-40-53-41-36-50)46-48-59-52(57)34-32-30-28-26-24-22-20-18-16-14-12-10-8-6-4-2;/h17-20,35-36,40-41,49H,3-16,21-34,37-39,42-48H2,1-2H3;1H/b19-17-,20-18-;. The highest BCUT2D eigenvalue weighted by molar-refractivity contribution is 5.85. The molecule has 0 saturated carbocycles. The van der Waals surface area contributed by atoms with E-state index >= 15 is 0 Å². The molecule has 0 aromatic carbocycles. The summed E-state index contributed by atoms with van der Waals surface area (Å²) in [5, 5.41) is 0. The third-order valence-corrected chi connectivity index (χ3v) is 12.1. The first-order valence-electron chi connectivity index (χ1n) is 25.1. The molecule has 1 aliphatic heterocycles. The molecular weight excluding hydrogens is 766 g/mol. The van der Waals surface area contributed by atoms with Gasteiger partial charge in [0.15, 0.2) is 0 Å². The number of esters is 2. The highest BCUT2D eigenvalue weighted by atomic mass is 35.5. The van der Waals surface area contributed by atoms with Crippen molar-refractivity contribution < 1.29 is 19.1 Å². The average molecular weight is 859 g/mol. The zero-order chi connectivity index (χ0) is 42.1. The smallest absolute Gasteiger partial charge is 0.305 e. The molecule has 0 unspecified atom stereocenters. The van der Waals surface area contributed by atoms with Crippen LogP contribution in [0.5, 0.6) is 0 Å². The summed E-state index contributed by atoms with van der Waals surface area (Å²) in [5.74, 6) is 0.498. The van der Waals surface area contributed by atoms with Gasteiger partial charge in [-0.15, -0.1) is 12.4 Å². The molecule has 0 spiro atoms. The second kappa shape index (κ2) is 41.9. The first kappa shape index (κ1) is 55.6. The minimum Gasteiger partial charge on any atom is -0.464 e. The molecule has 60 heavy (non-hydrogen) atoms. The molecule has 0 atom stereocenters. The lowest BCUT2D eigenvalue weighted by Gasteiger charge is -2.34. The minimum absolute atomic E-state index is 0. The average Bonchev–Trinajstić information content (AvgIpc) is 3.25. The second-order valence-corrected chi connectivity index (χ2v) is 17.4. The summed E-state index contributed by atoms with van der Waals surface area (Å²) < 4.78 is 11.4. The normalized spacial score (nSPS) is 13.4. The van der Waals surface area contributed by atoms with Gasteiger partial charge in [-0.05, 0) is 108 Å². The summed E-state index contributed by atoms with van der Waals surface area (Å²) in [7, 11) is 0. The highest BCUT2D eigenvalue weighted by Crippen LogP contribution is 2.25. The van der Waals surface area contributed by atoms with Crippen LogP contribution in [0.3, 0.4) is 0 Å². The first-order valence-corrected chi connectivity index (χ1v) is 25.1. The number of pyridine rings is 1. The van der Waals surface area contributed by atoms with Gasteiger partial charge in [0.2, 0.25) is 0 Å². The Balaban J connectivity index is 0.0000180. The number of hydrogen-bond donors (Lipinski definition) is 0. The lowest BCUT2D eigenvalue weighted by Crippen LogP contribution is -2.37. The molecule has 0 amide bonds. The van der Waals surface area contributed by atoms with E-state index in [2.05, 4.69) is 65.1 Å². The lowest BCUT2D eigenvalue weighted by molar-refractivity contribution is -0.144. The van der Waals surface area contributed by atoms with E-state index in [1.165, 1.54) is 160 Å². The predicted molar refractivity (Wildman–Crippen MR) is 258 cm³/mol. The fourth-order valence-electron chi connectivity index (χ4n) is 8.14. The Bertz CT molecular complexity index is 1100. The summed E-state index contributed by atoms with van der Waals surface area (Å²) >= 11 is 0. The molecule has 1 aromatic heterocycles. The molecule has 2 rings (SSSR count). The number of unbranched alkanes of at least 4 members (excludes halogenated alkanes) is 22. The molecule has 7 nitrogen and oxygen atoms in total. The quantitative estimate of drug-likeness (QED) is 0.0370. The van der Waals surface area contributed by atoms with Gasteiger partial charge in [0.25, 0.3) is 0 Å². The number of nitrogens with zero attached hydrogens (tertiary/aromatic N) is 3. The topological polar surface area (TPSA) is 72.0 Å². The van der Waals surface area contributed by atoms with E-state index in [1.54, 1.807) is 0 Å². The molecule has 1 saturated heterocycles. The Morgan fingerprint density at radius 2 is 0.967 bits per heavy atom. The number of carbonyl (C=O) groups excluding carboxylic acids is 2. The SMILES string of the molecule is CCCCCCCC/C=C\CCCCCCCC(=O)OCCN(CCOC(=O)CCCCCCC/C=C\CCCCCCCC)CCC1CCN(c2ccncc2)CC1.Cl. The molecule has 8 heteroatoms. The van der Waals surface area contributed by atoms with Crippen LogP contribution in [0.1, 0.15) is 213 Å². The number of aromatic nitrogens is 1.